The van der Waals surface area contributed by atoms with Gasteiger partial charge in [-0.05, 0) is 121 Å². The number of allylic oxidation sites excluding steroid dienone is 11. The normalized spacial score (nSPS) is 19.6. The lowest BCUT2D eigenvalue weighted by molar-refractivity contribution is -0.671. The molecular formula is C58H57N9O2+2. The van der Waals surface area contributed by atoms with Gasteiger partial charge < -0.3 is 15.0 Å². The van der Waals surface area contributed by atoms with Crippen molar-refractivity contribution in [3.8, 4) is 0 Å². The van der Waals surface area contributed by atoms with E-state index in [-0.39, 0.29) is 24.0 Å². The van der Waals surface area contributed by atoms with Crippen LogP contribution in [0.25, 0.3) is 16.7 Å². The number of aryl methyl sites for hydroxylation is 2. The number of amidine groups is 1. The van der Waals surface area contributed by atoms with E-state index in [0.29, 0.717) is 5.56 Å². The predicted octanol–water partition coefficient (Wildman–Crippen LogP) is 9.93. The Kier molecular flexibility index (Phi) is 11.9. The van der Waals surface area contributed by atoms with Crippen LogP contribution < -0.4 is 9.13 Å². The molecule has 0 atom stereocenters. The number of pyridine rings is 2. The predicted molar refractivity (Wildman–Crippen MR) is 274 cm³/mol. The standard InChI is InChI=1S/C58H56N9O2/c1-64-32-26-39(27-33-64)54-47-20-18-45(60-47)53(38-14-16-42(17-15-38)57(68)67(44-12-8-5-9-13-44)58(69)59-43-10-6-4-7-11-43)46-19-21-48(61-46)55(40-28-34-65(2)35-29-40)50-23-25-52(63-50)56(51-24-22-49(54)62-51)41-30-36-66(3)37-31-41/h14-37,43-44H,4-13H2,1-3H3,(H-,59,60,61,62,63,69)/q+1/p+1. The molecule has 8 bridgehead atoms. The van der Waals surface area contributed by atoms with Crippen molar-refractivity contribution in [1.29, 1.82) is 0 Å². The summed E-state index contributed by atoms with van der Waals surface area (Å²) in [5.41, 5.74) is 14.7. The van der Waals surface area contributed by atoms with Crippen molar-refractivity contribution < 1.29 is 19.0 Å². The molecule has 8 heterocycles. The molecule has 11 nitrogen and oxygen atoms in total. The number of rotatable bonds is 6. The topological polar surface area (TPSA) is 117 Å². The molecule has 2 N–H and O–H groups in total. The average Bonchev–Trinajstić information content (AvgIpc) is 4.23. The van der Waals surface area contributed by atoms with Crippen LogP contribution in [0.1, 0.15) is 103 Å². The molecule has 2 fully saturated rings. The number of hydrogen-bond donors (Lipinski definition) is 2. The van der Waals surface area contributed by atoms with Crippen LogP contribution in [0.4, 0.5) is 0 Å². The molecular weight excluding hydrogens is 855 g/mol. The van der Waals surface area contributed by atoms with Crippen LogP contribution in [0, 0.1) is 0 Å². The lowest BCUT2D eigenvalue weighted by Crippen LogP contribution is -2.46. The quantitative estimate of drug-likeness (QED) is 0.114. The minimum Gasteiger partial charge on any atom is -0.480 e. The number of hydrogen-bond acceptors (Lipinski definition) is 6. The van der Waals surface area contributed by atoms with Crippen molar-refractivity contribution in [2.45, 2.75) is 76.3 Å². The van der Waals surface area contributed by atoms with Gasteiger partial charge in [0.25, 0.3) is 11.9 Å². The van der Waals surface area contributed by atoms with Crippen molar-refractivity contribution in [2.75, 3.05) is 7.05 Å². The maximum absolute atomic E-state index is 14.6. The fourth-order valence-electron chi connectivity index (χ4n) is 10.5. The Morgan fingerprint density at radius 2 is 1.06 bits per heavy atom. The van der Waals surface area contributed by atoms with E-state index in [1.54, 1.807) is 4.90 Å². The van der Waals surface area contributed by atoms with E-state index in [4.69, 9.17) is 20.0 Å². The molecule has 0 unspecified atom stereocenters. The molecule has 0 spiro atoms. The number of nitrogens with one attached hydrogen (secondary N) is 1. The molecule has 4 aromatic rings. The summed E-state index contributed by atoms with van der Waals surface area (Å²) >= 11 is 0. The summed E-state index contributed by atoms with van der Waals surface area (Å²) in [7, 11) is 6.05. The maximum atomic E-state index is 14.6. The Balaban J connectivity index is 1.08. The molecule has 0 radical (unpaired) electrons. The van der Waals surface area contributed by atoms with Gasteiger partial charge in [0.1, 0.15) is 14.1 Å². The van der Waals surface area contributed by atoms with Crippen molar-refractivity contribution in [2.24, 2.45) is 34.1 Å². The summed E-state index contributed by atoms with van der Waals surface area (Å²) in [6.07, 6.45) is 39.2. The SMILES string of the molecule is CN1C=CC(=C2C3=NC(=C(c4cc[n+](C)cc4)C4=NC(=C(c5ccc(C(=O)N(C(O)=NC6CCCCC6)C6CCCCC6)cc5)c5ccc([nH]5)C(c5cc[n+](C)cc5)=C5C=CC2=N5)C=C4)C=C3)C=C1. The van der Waals surface area contributed by atoms with Crippen molar-refractivity contribution in [3.05, 3.63) is 208 Å². The first-order valence-electron chi connectivity index (χ1n) is 24.4. The van der Waals surface area contributed by atoms with Gasteiger partial charge in [0.05, 0.1) is 40.3 Å². The van der Waals surface area contributed by atoms with Gasteiger partial charge in [-0.25, -0.2) is 29.1 Å². The van der Waals surface area contributed by atoms with E-state index in [0.717, 1.165) is 148 Å². The third-order valence-corrected chi connectivity index (χ3v) is 14.2. The Hall–Kier alpha value is -7.79. The highest BCUT2D eigenvalue weighted by Crippen LogP contribution is 2.39. The van der Waals surface area contributed by atoms with Crippen molar-refractivity contribution in [1.82, 2.24) is 14.8 Å². The van der Waals surface area contributed by atoms with Gasteiger partial charge in [0.2, 0.25) is 0 Å². The van der Waals surface area contributed by atoms with Crippen LogP contribution in [-0.4, -0.2) is 68.1 Å². The highest BCUT2D eigenvalue weighted by atomic mass is 16.3. The molecule has 7 aliphatic rings. The number of aromatic amines is 1. The average molecular weight is 912 g/mol. The van der Waals surface area contributed by atoms with E-state index in [1.807, 2.05) is 71.8 Å². The van der Waals surface area contributed by atoms with Gasteiger partial charge in [-0.2, -0.15) is 0 Å². The van der Waals surface area contributed by atoms with Crippen molar-refractivity contribution in [3.63, 3.8) is 0 Å². The summed E-state index contributed by atoms with van der Waals surface area (Å²) in [6, 6.07) is 20.3. The van der Waals surface area contributed by atoms with Crippen LogP contribution >= 0.6 is 0 Å². The van der Waals surface area contributed by atoms with E-state index >= 15 is 0 Å². The fraction of sp³-hybridized carbons (Fsp3) is 0.259. The summed E-state index contributed by atoms with van der Waals surface area (Å²) in [6.45, 7) is 0. The monoisotopic (exact) mass is 911 g/mol. The van der Waals surface area contributed by atoms with E-state index in [2.05, 4.69) is 115 Å². The van der Waals surface area contributed by atoms with Gasteiger partial charge >= 0.3 is 0 Å². The fourth-order valence-corrected chi connectivity index (χ4v) is 10.5. The zero-order chi connectivity index (χ0) is 47.0. The number of aromatic nitrogens is 3. The molecule has 3 aromatic heterocycles. The van der Waals surface area contributed by atoms with Gasteiger partial charge in [0.15, 0.2) is 24.8 Å². The molecule has 1 aromatic carbocycles. The summed E-state index contributed by atoms with van der Waals surface area (Å²) in [4.78, 5) is 43.2. The molecule has 0 saturated heterocycles. The van der Waals surface area contributed by atoms with E-state index < -0.39 is 0 Å². The smallest absolute Gasteiger partial charge is 0.292 e. The van der Waals surface area contributed by atoms with E-state index in [9.17, 15) is 9.90 Å². The summed E-state index contributed by atoms with van der Waals surface area (Å²) < 4.78 is 4.05. The molecule has 344 valence electrons. The Morgan fingerprint density at radius 3 is 1.59 bits per heavy atom. The number of carbonyl (C=O) groups excluding carboxylic acids is 1. The van der Waals surface area contributed by atoms with Crippen molar-refractivity contribution >= 4 is 45.8 Å². The van der Waals surface area contributed by atoms with Crippen LogP contribution in [0.2, 0.25) is 0 Å². The Labute approximate surface area is 403 Å². The van der Waals surface area contributed by atoms with Gasteiger partial charge in [0, 0.05) is 89.0 Å². The highest BCUT2D eigenvalue weighted by Gasteiger charge is 2.32. The molecule has 1 amide bonds. The second-order valence-electron chi connectivity index (χ2n) is 19.0. The Bertz CT molecular complexity index is 3130. The number of aliphatic hydroxyl groups is 1. The number of benzene rings is 1. The molecule has 2 aliphatic carbocycles. The number of fused-ring (bicyclic) bond motifs is 5. The number of carbonyl (C=O) groups is 1. The van der Waals surface area contributed by atoms with Crippen LogP contribution in [0.5, 0.6) is 0 Å². The summed E-state index contributed by atoms with van der Waals surface area (Å²) in [5.74, 6) is -0.222. The Morgan fingerprint density at radius 1 is 0.594 bits per heavy atom. The first kappa shape index (κ1) is 43.8. The number of aliphatic imine (C=N–C) groups is 4. The molecule has 11 heteroatoms. The summed E-state index contributed by atoms with van der Waals surface area (Å²) in [5, 5.41) is 11.6. The number of nitrogens with zero attached hydrogens (tertiary/aromatic N) is 8. The second kappa shape index (κ2) is 18.7. The lowest BCUT2D eigenvalue weighted by atomic mass is 9.93. The first-order chi connectivity index (χ1) is 33.7. The maximum Gasteiger partial charge on any atom is 0.292 e. The molecule has 11 rings (SSSR count). The largest absolute Gasteiger partial charge is 0.480 e. The van der Waals surface area contributed by atoms with Gasteiger partial charge in [-0.3, -0.25) is 9.69 Å². The third kappa shape index (κ3) is 8.81. The molecule has 2 saturated carbocycles. The zero-order valence-corrected chi connectivity index (χ0v) is 39.5. The number of H-pyrrole nitrogens is 1. The number of amides is 1. The first-order valence-corrected chi connectivity index (χ1v) is 24.4. The molecule has 69 heavy (non-hydrogen) atoms. The van der Waals surface area contributed by atoms with Gasteiger partial charge in [-0.15, -0.1) is 0 Å². The minimum absolute atomic E-state index is 0.0422. The van der Waals surface area contributed by atoms with Crippen LogP contribution in [0.3, 0.4) is 0 Å². The van der Waals surface area contributed by atoms with Crippen LogP contribution in [-0.2, 0) is 14.1 Å². The number of aliphatic hydroxyl groups excluding tert-OH is 1. The molecule has 5 aliphatic heterocycles. The van der Waals surface area contributed by atoms with Gasteiger partial charge in [-0.1, -0.05) is 50.7 Å². The second-order valence-corrected chi connectivity index (χ2v) is 19.0. The zero-order valence-electron chi connectivity index (χ0n) is 39.5. The highest BCUT2D eigenvalue weighted by molar-refractivity contribution is 6.36. The van der Waals surface area contributed by atoms with Crippen LogP contribution in [0.15, 0.2) is 195 Å². The van der Waals surface area contributed by atoms with E-state index in [1.165, 1.54) is 6.42 Å². The minimum atomic E-state index is -0.222. The third-order valence-electron chi connectivity index (χ3n) is 14.2. The lowest BCUT2D eigenvalue weighted by Gasteiger charge is -2.33.